The Morgan fingerprint density at radius 2 is 2.33 bits per heavy atom. The number of rotatable bonds is 5. The van der Waals surface area contributed by atoms with Crippen LogP contribution in [0.15, 0.2) is 18.3 Å². The van der Waals surface area contributed by atoms with Crippen molar-refractivity contribution in [2.24, 2.45) is 5.92 Å². The molecule has 0 spiro atoms. The maximum absolute atomic E-state index is 12.2. The van der Waals surface area contributed by atoms with Crippen molar-refractivity contribution in [2.75, 3.05) is 20.2 Å². The lowest BCUT2D eigenvalue weighted by Crippen LogP contribution is -2.34. The Bertz CT molecular complexity index is 416. The lowest BCUT2D eigenvalue weighted by atomic mass is 9.85. The lowest BCUT2D eigenvalue weighted by Gasteiger charge is -2.30. The zero-order valence-electron chi connectivity index (χ0n) is 10.8. The maximum atomic E-state index is 12.2. The molecule has 1 saturated carbocycles. The number of nitrogens with zero attached hydrogens (tertiary/aromatic N) is 2. The molecule has 0 bridgehead atoms. The van der Waals surface area contributed by atoms with Gasteiger partial charge in [-0.2, -0.15) is 0 Å². The molecule has 0 aliphatic heterocycles. The summed E-state index contributed by atoms with van der Waals surface area (Å²) in [6, 6.07) is 3.51. The van der Waals surface area contributed by atoms with Gasteiger partial charge in [0.1, 0.15) is 0 Å². The van der Waals surface area contributed by atoms with Gasteiger partial charge in [-0.05, 0) is 30.9 Å². The average Bonchev–Trinajstić information content (AvgIpc) is 2.33. The highest BCUT2D eigenvalue weighted by Crippen LogP contribution is 2.27. The van der Waals surface area contributed by atoms with Crippen LogP contribution >= 0.6 is 0 Å². The molecule has 4 heteroatoms. The Kier molecular flexibility index (Phi) is 4.31. The highest BCUT2D eigenvalue weighted by molar-refractivity contribution is 5.94. The molecule has 0 saturated heterocycles. The van der Waals surface area contributed by atoms with Crippen molar-refractivity contribution < 1.29 is 9.90 Å². The largest absolute Gasteiger partial charge is 0.396 e. The van der Waals surface area contributed by atoms with Crippen molar-refractivity contribution in [2.45, 2.75) is 25.7 Å². The number of carbonyl (C=O) groups is 1. The monoisotopic (exact) mass is 248 g/mol. The molecule has 1 amide bonds. The number of amides is 1. The minimum atomic E-state index is 0.0449. The highest BCUT2D eigenvalue weighted by Gasteiger charge is 2.22. The predicted octanol–water partition coefficient (Wildman–Crippen LogP) is 1.49. The van der Waals surface area contributed by atoms with Gasteiger partial charge in [0, 0.05) is 44.1 Å². The van der Waals surface area contributed by atoms with Crippen LogP contribution in [0.5, 0.6) is 0 Å². The molecular formula is C14H20N2O2. The second kappa shape index (κ2) is 5.96. The molecule has 1 aliphatic carbocycles. The Hall–Kier alpha value is -1.42. The van der Waals surface area contributed by atoms with Gasteiger partial charge in [-0.1, -0.05) is 6.42 Å². The van der Waals surface area contributed by atoms with Gasteiger partial charge in [-0.25, -0.2) is 0 Å². The SMILES string of the molecule is CN(CC1CCC1)C(=O)c1ccnc(CCO)c1. The summed E-state index contributed by atoms with van der Waals surface area (Å²) < 4.78 is 0. The van der Waals surface area contributed by atoms with Crippen LogP contribution in [0.2, 0.25) is 0 Å². The first kappa shape index (κ1) is 13.0. The fourth-order valence-corrected chi connectivity index (χ4v) is 2.23. The molecule has 1 fully saturated rings. The number of carbonyl (C=O) groups excluding carboxylic acids is 1. The summed E-state index contributed by atoms with van der Waals surface area (Å²) in [4.78, 5) is 18.1. The first-order valence-corrected chi connectivity index (χ1v) is 6.52. The van der Waals surface area contributed by atoms with E-state index in [-0.39, 0.29) is 12.5 Å². The quantitative estimate of drug-likeness (QED) is 0.859. The molecule has 0 aromatic carbocycles. The standard InChI is InChI=1S/C14H20N2O2/c1-16(10-11-3-2-4-11)14(18)12-5-7-15-13(9-12)6-8-17/h5,7,9,11,17H,2-4,6,8,10H2,1H3. The van der Waals surface area contributed by atoms with Gasteiger partial charge in [-0.15, -0.1) is 0 Å². The van der Waals surface area contributed by atoms with Gasteiger partial charge in [0.25, 0.3) is 5.91 Å². The van der Waals surface area contributed by atoms with E-state index in [9.17, 15) is 4.79 Å². The Morgan fingerprint density at radius 3 is 2.94 bits per heavy atom. The molecule has 1 heterocycles. The van der Waals surface area contributed by atoms with E-state index in [0.29, 0.717) is 17.9 Å². The normalized spacial score (nSPS) is 15.2. The molecule has 2 rings (SSSR count). The van der Waals surface area contributed by atoms with Crippen LogP contribution in [0.4, 0.5) is 0 Å². The third kappa shape index (κ3) is 3.07. The van der Waals surface area contributed by atoms with Crippen molar-refractivity contribution in [3.8, 4) is 0 Å². The van der Waals surface area contributed by atoms with E-state index in [1.807, 2.05) is 7.05 Å². The molecule has 1 aromatic rings. The van der Waals surface area contributed by atoms with Gasteiger partial charge in [-0.3, -0.25) is 9.78 Å². The molecule has 1 aromatic heterocycles. The summed E-state index contributed by atoms with van der Waals surface area (Å²) >= 11 is 0. The molecule has 0 radical (unpaired) electrons. The summed E-state index contributed by atoms with van der Waals surface area (Å²) in [5.41, 5.74) is 1.43. The Balaban J connectivity index is 2.00. The molecular weight excluding hydrogens is 228 g/mol. The van der Waals surface area contributed by atoms with Crippen LogP contribution in [-0.4, -0.2) is 41.1 Å². The van der Waals surface area contributed by atoms with Crippen molar-refractivity contribution in [3.05, 3.63) is 29.6 Å². The van der Waals surface area contributed by atoms with Gasteiger partial charge in [0.2, 0.25) is 0 Å². The van der Waals surface area contributed by atoms with Crippen LogP contribution in [0.25, 0.3) is 0 Å². The lowest BCUT2D eigenvalue weighted by molar-refractivity contribution is 0.0745. The van der Waals surface area contributed by atoms with E-state index >= 15 is 0 Å². The fraction of sp³-hybridized carbons (Fsp3) is 0.571. The first-order chi connectivity index (χ1) is 8.70. The number of hydrogen-bond acceptors (Lipinski definition) is 3. The van der Waals surface area contributed by atoms with E-state index in [0.717, 1.165) is 12.2 Å². The molecule has 1 N–H and O–H groups in total. The fourth-order valence-electron chi connectivity index (χ4n) is 2.23. The highest BCUT2D eigenvalue weighted by atomic mass is 16.3. The Labute approximate surface area is 108 Å². The van der Waals surface area contributed by atoms with Crippen LogP contribution in [0, 0.1) is 5.92 Å². The number of aromatic nitrogens is 1. The molecule has 4 nitrogen and oxygen atoms in total. The zero-order chi connectivity index (χ0) is 13.0. The molecule has 1 aliphatic rings. The van der Waals surface area contributed by atoms with E-state index in [4.69, 9.17) is 5.11 Å². The molecule has 0 unspecified atom stereocenters. The number of hydrogen-bond donors (Lipinski definition) is 1. The van der Waals surface area contributed by atoms with Crippen molar-refractivity contribution in [3.63, 3.8) is 0 Å². The second-order valence-corrected chi connectivity index (χ2v) is 4.99. The summed E-state index contributed by atoms with van der Waals surface area (Å²) in [6.45, 7) is 0.902. The Morgan fingerprint density at radius 1 is 1.56 bits per heavy atom. The van der Waals surface area contributed by atoms with E-state index < -0.39 is 0 Å². The van der Waals surface area contributed by atoms with Crippen LogP contribution in [0.3, 0.4) is 0 Å². The minimum absolute atomic E-state index is 0.0449. The summed E-state index contributed by atoms with van der Waals surface area (Å²) in [5.74, 6) is 0.723. The third-order valence-corrected chi connectivity index (χ3v) is 3.53. The van der Waals surface area contributed by atoms with Crippen LogP contribution < -0.4 is 0 Å². The van der Waals surface area contributed by atoms with Crippen molar-refractivity contribution in [1.82, 2.24) is 9.88 Å². The van der Waals surface area contributed by atoms with Crippen LogP contribution in [-0.2, 0) is 6.42 Å². The van der Waals surface area contributed by atoms with Crippen molar-refractivity contribution >= 4 is 5.91 Å². The van der Waals surface area contributed by atoms with Crippen LogP contribution in [0.1, 0.15) is 35.3 Å². The average molecular weight is 248 g/mol. The minimum Gasteiger partial charge on any atom is -0.396 e. The van der Waals surface area contributed by atoms with Gasteiger partial charge in [0.15, 0.2) is 0 Å². The zero-order valence-corrected chi connectivity index (χ0v) is 10.8. The van der Waals surface area contributed by atoms with E-state index in [1.54, 1.807) is 23.2 Å². The molecule has 18 heavy (non-hydrogen) atoms. The van der Waals surface area contributed by atoms with E-state index in [2.05, 4.69) is 4.98 Å². The van der Waals surface area contributed by atoms with Gasteiger partial charge in [0.05, 0.1) is 0 Å². The van der Waals surface area contributed by atoms with Gasteiger partial charge < -0.3 is 10.0 Å². The van der Waals surface area contributed by atoms with E-state index in [1.165, 1.54) is 19.3 Å². The second-order valence-electron chi connectivity index (χ2n) is 4.99. The summed E-state index contributed by atoms with van der Waals surface area (Å²) in [6.07, 6.45) is 5.90. The number of pyridine rings is 1. The predicted molar refractivity (Wildman–Crippen MR) is 69.3 cm³/mol. The van der Waals surface area contributed by atoms with Crippen molar-refractivity contribution in [1.29, 1.82) is 0 Å². The topological polar surface area (TPSA) is 53.4 Å². The van der Waals surface area contributed by atoms with Gasteiger partial charge >= 0.3 is 0 Å². The summed E-state index contributed by atoms with van der Waals surface area (Å²) in [7, 11) is 1.85. The molecule has 0 atom stereocenters. The molecule has 98 valence electrons. The maximum Gasteiger partial charge on any atom is 0.253 e. The first-order valence-electron chi connectivity index (χ1n) is 6.52. The smallest absolute Gasteiger partial charge is 0.253 e. The third-order valence-electron chi connectivity index (χ3n) is 3.53. The number of aliphatic hydroxyl groups is 1. The number of aliphatic hydroxyl groups excluding tert-OH is 1. The summed E-state index contributed by atoms with van der Waals surface area (Å²) in [5, 5.41) is 8.88.